The third-order valence-corrected chi connectivity index (χ3v) is 3.54. The Morgan fingerprint density at radius 2 is 1.62 bits per heavy atom. The first-order valence-electron chi connectivity index (χ1n) is 6.63. The predicted molar refractivity (Wildman–Crippen MR) is 92.4 cm³/mol. The molecule has 0 bridgehead atoms. The van der Waals surface area contributed by atoms with Crippen molar-refractivity contribution in [3.8, 4) is 0 Å². The van der Waals surface area contributed by atoms with E-state index in [9.17, 15) is 25.0 Å². The van der Waals surface area contributed by atoms with Crippen LogP contribution >= 0.6 is 23.2 Å². The van der Waals surface area contributed by atoms with Crippen LogP contribution in [-0.2, 0) is 4.84 Å². The summed E-state index contributed by atoms with van der Waals surface area (Å²) in [5.41, 5.74) is 4.15. The van der Waals surface area contributed by atoms with Gasteiger partial charge >= 0.3 is 5.97 Å². The molecule has 0 saturated carbocycles. The molecule has 2 aromatic rings. The second kappa shape index (κ2) is 7.76. The van der Waals surface area contributed by atoms with Gasteiger partial charge < -0.3 is 10.6 Å². The molecule has 0 unspecified atom stereocenters. The fourth-order valence-electron chi connectivity index (χ4n) is 1.81. The number of nitrogens with zero attached hydrogens (tertiary/aromatic N) is 3. The molecule has 26 heavy (non-hydrogen) atoms. The topological polar surface area (TPSA) is 151 Å². The maximum Gasteiger partial charge on any atom is 0.366 e. The largest absolute Gasteiger partial charge is 0.380 e. The van der Waals surface area contributed by atoms with Crippen LogP contribution in [0.3, 0.4) is 0 Å². The quantitative estimate of drug-likeness (QED) is 0.266. The number of nitro groups is 2. The zero-order valence-electron chi connectivity index (χ0n) is 12.6. The molecule has 0 heterocycles. The fourth-order valence-corrected chi connectivity index (χ4v) is 2.32. The number of benzene rings is 2. The molecule has 2 aromatic carbocycles. The number of halogens is 2. The van der Waals surface area contributed by atoms with E-state index in [4.69, 9.17) is 28.9 Å². The SMILES string of the molecule is N/C(=N\OC(=O)c1cc([N+](=O)[O-])cc([N+](=O)[O-])c1)c1ccc(Cl)cc1Cl. The molecule has 0 aliphatic heterocycles. The van der Waals surface area contributed by atoms with E-state index >= 15 is 0 Å². The van der Waals surface area contributed by atoms with Crippen LogP contribution in [0.2, 0.25) is 10.0 Å². The Morgan fingerprint density at radius 1 is 1.04 bits per heavy atom. The van der Waals surface area contributed by atoms with Crippen LogP contribution in [-0.4, -0.2) is 21.7 Å². The third kappa shape index (κ3) is 4.43. The fraction of sp³-hybridized carbons (Fsp3) is 0. The number of rotatable bonds is 5. The lowest BCUT2D eigenvalue weighted by Crippen LogP contribution is -2.16. The second-order valence-electron chi connectivity index (χ2n) is 4.73. The van der Waals surface area contributed by atoms with Crippen molar-refractivity contribution in [2.45, 2.75) is 0 Å². The van der Waals surface area contributed by atoms with E-state index in [1.165, 1.54) is 18.2 Å². The zero-order valence-corrected chi connectivity index (χ0v) is 14.1. The van der Waals surface area contributed by atoms with Gasteiger partial charge in [-0.15, -0.1) is 0 Å². The molecule has 0 aromatic heterocycles. The van der Waals surface area contributed by atoms with Gasteiger partial charge in [-0.25, -0.2) is 4.79 Å². The second-order valence-corrected chi connectivity index (χ2v) is 5.58. The predicted octanol–water partition coefficient (Wildman–Crippen LogP) is 3.29. The van der Waals surface area contributed by atoms with Gasteiger partial charge in [0.15, 0.2) is 5.84 Å². The van der Waals surface area contributed by atoms with Gasteiger partial charge in [0, 0.05) is 22.7 Å². The van der Waals surface area contributed by atoms with Crippen molar-refractivity contribution in [1.29, 1.82) is 0 Å². The first-order chi connectivity index (χ1) is 12.2. The molecule has 134 valence electrons. The summed E-state index contributed by atoms with van der Waals surface area (Å²) in [6.07, 6.45) is 0. The number of hydrogen-bond donors (Lipinski definition) is 1. The van der Waals surface area contributed by atoms with Gasteiger partial charge in [0.1, 0.15) is 0 Å². The van der Waals surface area contributed by atoms with E-state index in [1.807, 2.05) is 0 Å². The van der Waals surface area contributed by atoms with E-state index in [0.29, 0.717) is 11.1 Å². The highest BCUT2D eigenvalue weighted by Crippen LogP contribution is 2.24. The molecular formula is C14H8Cl2N4O6. The molecule has 0 aliphatic carbocycles. The van der Waals surface area contributed by atoms with Crippen LogP contribution in [0.4, 0.5) is 11.4 Å². The average molecular weight is 399 g/mol. The Kier molecular flexibility index (Phi) is 5.70. The Labute approximate surface area is 155 Å². The van der Waals surface area contributed by atoms with Crippen LogP contribution in [0.15, 0.2) is 41.6 Å². The van der Waals surface area contributed by atoms with Gasteiger partial charge in [0.2, 0.25) is 0 Å². The van der Waals surface area contributed by atoms with E-state index in [2.05, 4.69) is 9.99 Å². The number of amidine groups is 1. The molecule has 2 N–H and O–H groups in total. The number of non-ortho nitro benzene ring substituents is 2. The van der Waals surface area contributed by atoms with Gasteiger partial charge in [-0.1, -0.05) is 28.4 Å². The van der Waals surface area contributed by atoms with Crippen LogP contribution in [0, 0.1) is 20.2 Å². The number of carbonyl (C=O) groups excluding carboxylic acids is 1. The number of hydrogen-bond acceptors (Lipinski definition) is 7. The van der Waals surface area contributed by atoms with Gasteiger partial charge in [-0.05, 0) is 18.2 Å². The Bertz CT molecular complexity index is 915. The minimum Gasteiger partial charge on any atom is -0.380 e. The number of carbonyl (C=O) groups is 1. The summed E-state index contributed by atoms with van der Waals surface area (Å²) in [6.45, 7) is 0. The molecule has 0 atom stereocenters. The summed E-state index contributed by atoms with van der Waals surface area (Å²) in [7, 11) is 0. The van der Waals surface area contributed by atoms with Crippen molar-refractivity contribution >= 4 is 46.4 Å². The number of nitro benzene ring substituents is 2. The average Bonchev–Trinajstić information content (AvgIpc) is 2.58. The lowest BCUT2D eigenvalue weighted by atomic mass is 10.2. The van der Waals surface area contributed by atoms with Crippen LogP contribution in [0.5, 0.6) is 0 Å². The van der Waals surface area contributed by atoms with E-state index in [0.717, 1.165) is 12.1 Å². The Balaban J connectivity index is 2.29. The number of nitrogens with two attached hydrogens (primary N) is 1. The highest BCUT2D eigenvalue weighted by molar-refractivity contribution is 6.36. The molecule has 12 heteroatoms. The monoisotopic (exact) mass is 398 g/mol. The zero-order chi connectivity index (χ0) is 19.4. The summed E-state index contributed by atoms with van der Waals surface area (Å²) < 4.78 is 0. The van der Waals surface area contributed by atoms with Gasteiger partial charge in [0.05, 0.1) is 26.5 Å². The minimum absolute atomic E-state index is 0.154. The summed E-state index contributed by atoms with van der Waals surface area (Å²) in [5.74, 6) is -1.44. The van der Waals surface area contributed by atoms with Gasteiger partial charge in [-0.3, -0.25) is 20.2 Å². The van der Waals surface area contributed by atoms with E-state index < -0.39 is 32.8 Å². The molecule has 0 spiro atoms. The van der Waals surface area contributed by atoms with E-state index in [-0.39, 0.29) is 16.4 Å². The standard InChI is InChI=1S/C14H8Cl2N4O6/c15-8-1-2-11(12(16)5-8)13(17)18-26-14(21)7-3-9(19(22)23)6-10(4-7)20(24)25/h1-6H,(H2,17,18). The van der Waals surface area contributed by atoms with Crippen molar-refractivity contribution in [2.75, 3.05) is 0 Å². The molecule has 0 aliphatic rings. The maximum absolute atomic E-state index is 12.0. The molecule has 0 amide bonds. The Hall–Kier alpha value is -3.24. The summed E-state index contributed by atoms with van der Waals surface area (Å²) in [6, 6.07) is 6.66. The Morgan fingerprint density at radius 3 is 2.12 bits per heavy atom. The van der Waals surface area contributed by atoms with Crippen molar-refractivity contribution in [3.63, 3.8) is 0 Å². The van der Waals surface area contributed by atoms with Crippen LogP contribution < -0.4 is 5.73 Å². The lowest BCUT2D eigenvalue weighted by molar-refractivity contribution is -0.394. The first kappa shape index (κ1) is 19.1. The van der Waals surface area contributed by atoms with E-state index in [1.54, 1.807) is 0 Å². The molecule has 10 nitrogen and oxygen atoms in total. The van der Waals surface area contributed by atoms with Crippen LogP contribution in [0.25, 0.3) is 0 Å². The molecule has 0 fully saturated rings. The summed E-state index contributed by atoms with van der Waals surface area (Å²) in [5, 5.41) is 25.5. The van der Waals surface area contributed by atoms with Crippen molar-refractivity contribution in [2.24, 2.45) is 10.9 Å². The van der Waals surface area contributed by atoms with Crippen LogP contribution in [0.1, 0.15) is 15.9 Å². The highest BCUT2D eigenvalue weighted by atomic mass is 35.5. The lowest BCUT2D eigenvalue weighted by Gasteiger charge is -2.04. The smallest absolute Gasteiger partial charge is 0.366 e. The number of oxime groups is 1. The minimum atomic E-state index is -1.18. The summed E-state index contributed by atoms with van der Waals surface area (Å²) in [4.78, 5) is 36.5. The van der Waals surface area contributed by atoms with Crippen molar-refractivity contribution in [3.05, 3.63) is 77.8 Å². The molecular weight excluding hydrogens is 391 g/mol. The third-order valence-electron chi connectivity index (χ3n) is 2.99. The van der Waals surface area contributed by atoms with Crippen molar-refractivity contribution in [1.82, 2.24) is 0 Å². The maximum atomic E-state index is 12.0. The highest BCUT2D eigenvalue weighted by Gasteiger charge is 2.21. The normalized spacial score (nSPS) is 11.1. The first-order valence-corrected chi connectivity index (χ1v) is 7.38. The van der Waals surface area contributed by atoms with Gasteiger partial charge in [0.25, 0.3) is 11.4 Å². The summed E-state index contributed by atoms with van der Waals surface area (Å²) >= 11 is 11.7. The van der Waals surface area contributed by atoms with Crippen molar-refractivity contribution < 1.29 is 19.5 Å². The molecule has 0 radical (unpaired) electrons. The molecule has 0 saturated heterocycles. The molecule has 2 rings (SSSR count). The van der Waals surface area contributed by atoms with Gasteiger partial charge in [-0.2, -0.15) is 0 Å².